The van der Waals surface area contributed by atoms with Crippen LogP contribution in [0.2, 0.25) is 0 Å². The third-order valence-electron chi connectivity index (χ3n) is 6.79. The number of nitrogens with one attached hydrogen (secondary N) is 2. The summed E-state index contributed by atoms with van der Waals surface area (Å²) >= 11 is 0. The molecular formula is C25H33N3O5S. The van der Waals surface area contributed by atoms with Crippen LogP contribution in [0.25, 0.3) is 0 Å². The summed E-state index contributed by atoms with van der Waals surface area (Å²) in [6, 6.07) is 10.4. The molecule has 2 amide bonds. The van der Waals surface area contributed by atoms with Gasteiger partial charge in [0.1, 0.15) is 0 Å². The molecule has 2 aromatic rings. The van der Waals surface area contributed by atoms with Crippen molar-refractivity contribution in [3.63, 3.8) is 0 Å². The molecule has 1 aliphatic heterocycles. The Morgan fingerprint density at radius 1 is 0.971 bits per heavy atom. The van der Waals surface area contributed by atoms with Crippen molar-refractivity contribution in [2.75, 3.05) is 19.6 Å². The van der Waals surface area contributed by atoms with Crippen LogP contribution in [0.4, 0.5) is 0 Å². The first-order valence-electron chi connectivity index (χ1n) is 12.1. The van der Waals surface area contributed by atoms with E-state index in [4.69, 9.17) is 4.42 Å². The minimum atomic E-state index is -3.66. The van der Waals surface area contributed by atoms with Crippen molar-refractivity contribution in [3.8, 4) is 0 Å². The van der Waals surface area contributed by atoms with Gasteiger partial charge >= 0.3 is 0 Å². The monoisotopic (exact) mass is 487 g/mol. The molecule has 0 bridgehead atoms. The average molecular weight is 488 g/mol. The molecule has 9 heteroatoms. The maximum atomic E-state index is 12.6. The van der Waals surface area contributed by atoms with Crippen LogP contribution in [0.3, 0.4) is 0 Å². The topological polar surface area (TPSA) is 109 Å². The number of piperidine rings is 1. The Hall–Kier alpha value is -2.65. The van der Waals surface area contributed by atoms with E-state index in [1.165, 1.54) is 43.9 Å². The average Bonchev–Trinajstić information content (AvgIpc) is 3.40. The number of rotatable bonds is 8. The largest absolute Gasteiger partial charge is 0.459 e. The van der Waals surface area contributed by atoms with Gasteiger partial charge in [0.2, 0.25) is 15.9 Å². The number of nitrogens with zero attached hydrogens (tertiary/aromatic N) is 1. The fourth-order valence-electron chi connectivity index (χ4n) is 4.82. The van der Waals surface area contributed by atoms with Crippen LogP contribution in [-0.4, -0.2) is 50.8 Å². The van der Waals surface area contributed by atoms with E-state index in [0.717, 1.165) is 0 Å². The van der Waals surface area contributed by atoms with Gasteiger partial charge in [0.25, 0.3) is 5.91 Å². The van der Waals surface area contributed by atoms with Gasteiger partial charge in [-0.1, -0.05) is 31.4 Å². The van der Waals surface area contributed by atoms with Gasteiger partial charge < -0.3 is 14.6 Å². The number of furan rings is 1. The Balaban J connectivity index is 1.18. The predicted molar refractivity (Wildman–Crippen MR) is 128 cm³/mol. The van der Waals surface area contributed by atoms with Crippen molar-refractivity contribution in [2.24, 2.45) is 0 Å². The molecule has 4 rings (SSSR count). The molecule has 1 aromatic carbocycles. The van der Waals surface area contributed by atoms with Gasteiger partial charge in [0.05, 0.1) is 11.2 Å². The second kappa shape index (κ2) is 11.2. The molecule has 1 saturated heterocycles. The van der Waals surface area contributed by atoms with Crippen LogP contribution in [0, 0.1) is 0 Å². The zero-order chi connectivity index (χ0) is 24.0. The molecule has 0 atom stereocenters. The number of likely N-dealkylation sites (tertiary alicyclic amines) is 1. The minimum Gasteiger partial charge on any atom is -0.459 e. The van der Waals surface area contributed by atoms with E-state index in [1.807, 2.05) is 12.1 Å². The summed E-state index contributed by atoms with van der Waals surface area (Å²) in [6.45, 7) is 1.11. The highest BCUT2D eigenvalue weighted by Gasteiger charge is 2.26. The molecule has 2 heterocycles. The molecule has 184 valence electrons. The summed E-state index contributed by atoms with van der Waals surface area (Å²) in [4.78, 5) is 26.6. The summed E-state index contributed by atoms with van der Waals surface area (Å²) in [7, 11) is -3.66. The predicted octanol–water partition coefficient (Wildman–Crippen LogP) is 3.42. The summed E-state index contributed by atoms with van der Waals surface area (Å²) in [5.41, 5.74) is 1.20. The Labute approximate surface area is 201 Å². The fourth-order valence-corrected chi connectivity index (χ4v) is 5.85. The van der Waals surface area contributed by atoms with Crippen molar-refractivity contribution in [1.29, 1.82) is 0 Å². The highest BCUT2D eigenvalue weighted by Crippen LogP contribution is 2.32. The van der Waals surface area contributed by atoms with E-state index >= 15 is 0 Å². The number of benzene rings is 1. The van der Waals surface area contributed by atoms with Crippen molar-refractivity contribution < 1.29 is 22.4 Å². The third kappa shape index (κ3) is 6.27. The number of carbonyl (C=O) groups is 2. The SMILES string of the molecule is O=C(CCNS(=O)(=O)c1ccc(C2CCCCC2)cc1)NC1CCN(C(=O)c2ccco2)CC1. The molecule has 1 saturated carbocycles. The third-order valence-corrected chi connectivity index (χ3v) is 8.27. The molecule has 0 spiro atoms. The van der Waals surface area contributed by atoms with Crippen molar-refractivity contribution >= 4 is 21.8 Å². The van der Waals surface area contributed by atoms with Gasteiger partial charge in [-0.15, -0.1) is 0 Å². The van der Waals surface area contributed by atoms with Gasteiger partial charge in [-0.05, 0) is 61.4 Å². The van der Waals surface area contributed by atoms with E-state index in [2.05, 4.69) is 10.0 Å². The number of hydrogen-bond donors (Lipinski definition) is 2. The lowest BCUT2D eigenvalue weighted by atomic mass is 9.84. The molecule has 0 unspecified atom stereocenters. The lowest BCUT2D eigenvalue weighted by Gasteiger charge is -2.31. The first kappa shape index (κ1) is 24.5. The molecule has 2 N–H and O–H groups in total. The normalized spacial score (nSPS) is 18.1. The maximum absolute atomic E-state index is 12.6. The Morgan fingerprint density at radius 3 is 2.32 bits per heavy atom. The first-order valence-corrected chi connectivity index (χ1v) is 13.6. The minimum absolute atomic E-state index is 0.0305. The van der Waals surface area contributed by atoms with Crippen LogP contribution >= 0.6 is 0 Å². The van der Waals surface area contributed by atoms with Gasteiger partial charge in [-0.25, -0.2) is 13.1 Å². The van der Waals surface area contributed by atoms with Crippen LogP contribution in [0.1, 0.15) is 73.4 Å². The number of hydrogen-bond acceptors (Lipinski definition) is 5. The van der Waals surface area contributed by atoms with E-state index in [0.29, 0.717) is 37.6 Å². The van der Waals surface area contributed by atoms with E-state index < -0.39 is 10.0 Å². The molecule has 1 aromatic heterocycles. The van der Waals surface area contributed by atoms with E-state index in [9.17, 15) is 18.0 Å². The molecule has 1 aliphatic carbocycles. The fraction of sp³-hybridized carbons (Fsp3) is 0.520. The van der Waals surface area contributed by atoms with Crippen molar-refractivity contribution in [3.05, 3.63) is 54.0 Å². The lowest BCUT2D eigenvalue weighted by Crippen LogP contribution is -2.46. The zero-order valence-electron chi connectivity index (χ0n) is 19.4. The van der Waals surface area contributed by atoms with Crippen LogP contribution < -0.4 is 10.0 Å². The molecule has 2 aliphatic rings. The van der Waals surface area contributed by atoms with Crippen molar-refractivity contribution in [1.82, 2.24) is 14.9 Å². The standard InChI is InChI=1S/C25H33N3O5S/c29-24(27-21-13-16-28(17-14-21)25(30)23-7-4-18-33-23)12-15-26-34(31,32)22-10-8-20(9-11-22)19-5-2-1-3-6-19/h4,7-11,18-19,21,26H,1-3,5-6,12-17H2,(H,27,29). The second-order valence-electron chi connectivity index (χ2n) is 9.16. The van der Waals surface area contributed by atoms with Crippen LogP contribution in [0.15, 0.2) is 52.0 Å². The molecular weight excluding hydrogens is 454 g/mol. The molecule has 2 fully saturated rings. The zero-order valence-corrected chi connectivity index (χ0v) is 20.2. The first-order chi connectivity index (χ1) is 16.4. The summed E-state index contributed by atoms with van der Waals surface area (Å²) in [5, 5.41) is 2.95. The van der Waals surface area contributed by atoms with Gasteiger partial charge in [0, 0.05) is 32.1 Å². The van der Waals surface area contributed by atoms with Crippen LogP contribution in [0.5, 0.6) is 0 Å². The lowest BCUT2D eigenvalue weighted by molar-refractivity contribution is -0.121. The van der Waals surface area contributed by atoms with Gasteiger partial charge in [0.15, 0.2) is 5.76 Å². The second-order valence-corrected chi connectivity index (χ2v) is 10.9. The maximum Gasteiger partial charge on any atom is 0.289 e. The Morgan fingerprint density at radius 2 is 1.68 bits per heavy atom. The molecule has 34 heavy (non-hydrogen) atoms. The molecule has 0 radical (unpaired) electrons. The Kier molecular flexibility index (Phi) is 8.05. The van der Waals surface area contributed by atoms with Crippen LogP contribution in [-0.2, 0) is 14.8 Å². The quantitative estimate of drug-likeness (QED) is 0.593. The summed E-state index contributed by atoms with van der Waals surface area (Å²) < 4.78 is 32.9. The number of amides is 2. The number of sulfonamides is 1. The van der Waals surface area contributed by atoms with Gasteiger partial charge in [-0.3, -0.25) is 9.59 Å². The number of carbonyl (C=O) groups excluding carboxylic acids is 2. The van der Waals surface area contributed by atoms with E-state index in [-0.39, 0.29) is 35.7 Å². The van der Waals surface area contributed by atoms with Gasteiger partial charge in [-0.2, -0.15) is 0 Å². The summed E-state index contributed by atoms with van der Waals surface area (Å²) in [6.07, 6.45) is 8.91. The Bertz CT molecular complexity index is 1050. The highest BCUT2D eigenvalue weighted by molar-refractivity contribution is 7.89. The van der Waals surface area contributed by atoms with E-state index in [1.54, 1.807) is 29.2 Å². The van der Waals surface area contributed by atoms with Crippen molar-refractivity contribution in [2.45, 2.75) is 68.2 Å². The summed E-state index contributed by atoms with van der Waals surface area (Å²) in [5.74, 6) is 0.498. The molecule has 8 nitrogen and oxygen atoms in total. The highest BCUT2D eigenvalue weighted by atomic mass is 32.2. The smallest absolute Gasteiger partial charge is 0.289 e.